The predicted octanol–water partition coefficient (Wildman–Crippen LogP) is 1.32. The molecule has 21 heavy (non-hydrogen) atoms. The third kappa shape index (κ3) is 4.98. The van der Waals surface area contributed by atoms with Gasteiger partial charge >= 0.3 is 0 Å². The first kappa shape index (κ1) is 17.9. The molecule has 0 atom stereocenters. The summed E-state index contributed by atoms with van der Waals surface area (Å²) in [6.07, 6.45) is 3.06. The average Bonchev–Trinajstić information content (AvgIpc) is 2.37. The Bertz CT molecular complexity index is 486. The van der Waals surface area contributed by atoms with Crippen LogP contribution in [-0.4, -0.2) is 31.0 Å². The molecule has 0 heterocycles. The highest BCUT2D eigenvalue weighted by molar-refractivity contribution is 7.91. The molecule has 0 bridgehead atoms. The molecule has 1 aliphatic carbocycles. The monoisotopic (exact) mass is 318 g/mol. The fourth-order valence-electron chi connectivity index (χ4n) is 2.20. The molecule has 2 amide bonds. The van der Waals surface area contributed by atoms with Crippen molar-refractivity contribution in [2.24, 2.45) is 5.92 Å². The minimum atomic E-state index is -3.65. The van der Waals surface area contributed by atoms with E-state index < -0.39 is 20.7 Å². The van der Waals surface area contributed by atoms with Gasteiger partial charge in [0.25, 0.3) is 0 Å². The zero-order chi connectivity index (χ0) is 16.3. The number of sulfonamides is 1. The quantitative estimate of drug-likeness (QED) is 0.817. The molecule has 0 aromatic carbocycles. The van der Waals surface area contributed by atoms with Crippen LogP contribution in [0.15, 0.2) is 0 Å². The van der Waals surface area contributed by atoms with E-state index in [2.05, 4.69) is 10.0 Å². The molecule has 7 heteroatoms. The Morgan fingerprint density at radius 3 is 2.05 bits per heavy atom. The van der Waals surface area contributed by atoms with Crippen LogP contribution in [-0.2, 0) is 19.6 Å². The van der Waals surface area contributed by atoms with Crippen LogP contribution in [0, 0.1) is 5.92 Å². The number of hydrogen-bond acceptors (Lipinski definition) is 4. The van der Waals surface area contributed by atoms with E-state index >= 15 is 0 Å². The van der Waals surface area contributed by atoms with Crippen LogP contribution in [0.1, 0.15) is 59.8 Å². The number of carbonyl (C=O) groups is 2. The van der Waals surface area contributed by atoms with Crippen molar-refractivity contribution in [2.45, 2.75) is 70.6 Å². The largest absolute Gasteiger partial charge is 0.353 e. The fourth-order valence-corrected chi connectivity index (χ4v) is 2.94. The zero-order valence-corrected chi connectivity index (χ0v) is 14.0. The van der Waals surface area contributed by atoms with Crippen LogP contribution in [0.4, 0.5) is 0 Å². The molecule has 1 saturated carbocycles. The SMILES string of the molecule is CCC(=O)N[C@H]1CC[C@@H](C(=O)NS(=O)(=O)C(C)(C)C)CC1. The van der Waals surface area contributed by atoms with Crippen LogP contribution in [0.5, 0.6) is 0 Å². The van der Waals surface area contributed by atoms with Crippen LogP contribution >= 0.6 is 0 Å². The van der Waals surface area contributed by atoms with Crippen molar-refractivity contribution in [1.29, 1.82) is 0 Å². The Hall–Kier alpha value is -1.11. The van der Waals surface area contributed by atoms with Gasteiger partial charge in [0.1, 0.15) is 0 Å². The van der Waals surface area contributed by atoms with Gasteiger partial charge in [0, 0.05) is 18.4 Å². The molecule has 0 aromatic rings. The van der Waals surface area contributed by atoms with Gasteiger partial charge in [-0.05, 0) is 46.5 Å². The van der Waals surface area contributed by atoms with E-state index in [4.69, 9.17) is 0 Å². The smallest absolute Gasteiger partial charge is 0.239 e. The maximum absolute atomic E-state index is 12.1. The number of nitrogens with one attached hydrogen (secondary N) is 2. The first-order valence-electron chi connectivity index (χ1n) is 7.42. The number of amides is 2. The first-order chi connectivity index (χ1) is 9.56. The minimum Gasteiger partial charge on any atom is -0.353 e. The molecule has 2 N–H and O–H groups in total. The van der Waals surface area contributed by atoms with Gasteiger partial charge in [-0.2, -0.15) is 0 Å². The first-order valence-corrected chi connectivity index (χ1v) is 8.90. The molecule has 0 unspecified atom stereocenters. The van der Waals surface area contributed by atoms with Gasteiger partial charge in [-0.25, -0.2) is 8.42 Å². The van der Waals surface area contributed by atoms with Gasteiger partial charge in [0.15, 0.2) is 0 Å². The molecule has 0 spiro atoms. The highest BCUT2D eigenvalue weighted by Gasteiger charge is 2.34. The topological polar surface area (TPSA) is 92.3 Å². The second kappa shape index (κ2) is 6.77. The molecule has 0 saturated heterocycles. The molecule has 0 aliphatic heterocycles. The van der Waals surface area contributed by atoms with Crippen LogP contribution < -0.4 is 10.0 Å². The van der Waals surface area contributed by atoms with Crippen molar-refractivity contribution in [3.05, 3.63) is 0 Å². The molecular weight excluding hydrogens is 292 g/mol. The molecule has 0 aromatic heterocycles. The van der Waals surface area contributed by atoms with Gasteiger partial charge in [0.2, 0.25) is 21.8 Å². The standard InChI is InChI=1S/C14H26N2O4S/c1-5-12(17)15-11-8-6-10(7-9-11)13(18)16-21(19,20)14(2,3)4/h10-11H,5-9H2,1-4H3,(H,15,17)(H,16,18)/t10-,11+. The summed E-state index contributed by atoms with van der Waals surface area (Å²) in [7, 11) is -3.65. The third-order valence-electron chi connectivity index (χ3n) is 3.83. The number of hydrogen-bond donors (Lipinski definition) is 2. The average molecular weight is 318 g/mol. The van der Waals surface area contributed by atoms with Crippen molar-refractivity contribution >= 4 is 21.8 Å². The second-order valence-electron chi connectivity index (χ2n) is 6.55. The lowest BCUT2D eigenvalue weighted by Crippen LogP contribution is -2.46. The highest BCUT2D eigenvalue weighted by Crippen LogP contribution is 2.25. The second-order valence-corrected chi connectivity index (χ2v) is 8.99. The number of carbonyl (C=O) groups excluding carboxylic acids is 2. The Morgan fingerprint density at radius 2 is 1.62 bits per heavy atom. The maximum atomic E-state index is 12.1. The lowest BCUT2D eigenvalue weighted by atomic mass is 9.85. The van der Waals surface area contributed by atoms with Gasteiger partial charge in [-0.15, -0.1) is 0 Å². The molecule has 0 radical (unpaired) electrons. The lowest BCUT2D eigenvalue weighted by molar-refractivity contribution is -0.124. The fraction of sp³-hybridized carbons (Fsp3) is 0.857. The normalized spacial score (nSPS) is 23.4. The predicted molar refractivity (Wildman–Crippen MR) is 81.0 cm³/mol. The van der Waals surface area contributed by atoms with E-state index in [0.29, 0.717) is 32.1 Å². The van der Waals surface area contributed by atoms with E-state index in [1.807, 2.05) is 0 Å². The third-order valence-corrected chi connectivity index (χ3v) is 5.91. The van der Waals surface area contributed by atoms with E-state index in [9.17, 15) is 18.0 Å². The lowest BCUT2D eigenvalue weighted by Gasteiger charge is -2.29. The molecule has 1 aliphatic rings. The molecule has 122 valence electrons. The molecule has 1 rings (SSSR count). The summed E-state index contributed by atoms with van der Waals surface area (Å²) in [6.45, 7) is 6.46. The van der Waals surface area contributed by atoms with Gasteiger partial charge in [0.05, 0.1) is 4.75 Å². The van der Waals surface area contributed by atoms with E-state index in [-0.39, 0.29) is 17.9 Å². The van der Waals surface area contributed by atoms with Crippen molar-refractivity contribution in [3.63, 3.8) is 0 Å². The van der Waals surface area contributed by atoms with E-state index in [1.54, 1.807) is 27.7 Å². The summed E-state index contributed by atoms with van der Waals surface area (Å²) in [5.41, 5.74) is 0. The molecule has 6 nitrogen and oxygen atoms in total. The Morgan fingerprint density at radius 1 is 1.10 bits per heavy atom. The minimum absolute atomic E-state index is 0.0122. The van der Waals surface area contributed by atoms with Crippen molar-refractivity contribution in [1.82, 2.24) is 10.0 Å². The highest BCUT2D eigenvalue weighted by atomic mass is 32.2. The van der Waals surface area contributed by atoms with Gasteiger partial charge in [-0.1, -0.05) is 6.92 Å². The summed E-state index contributed by atoms with van der Waals surface area (Å²) < 4.78 is 25.1. The van der Waals surface area contributed by atoms with Crippen molar-refractivity contribution < 1.29 is 18.0 Å². The van der Waals surface area contributed by atoms with E-state index in [1.165, 1.54) is 0 Å². The number of rotatable bonds is 4. The zero-order valence-electron chi connectivity index (χ0n) is 13.2. The maximum Gasteiger partial charge on any atom is 0.239 e. The van der Waals surface area contributed by atoms with Crippen molar-refractivity contribution in [3.8, 4) is 0 Å². The Balaban J connectivity index is 2.51. The summed E-state index contributed by atoms with van der Waals surface area (Å²) in [6, 6.07) is 0.0979. The summed E-state index contributed by atoms with van der Waals surface area (Å²) in [5, 5.41) is 2.91. The van der Waals surface area contributed by atoms with Crippen LogP contribution in [0.2, 0.25) is 0 Å². The van der Waals surface area contributed by atoms with Gasteiger partial charge < -0.3 is 5.32 Å². The summed E-state index contributed by atoms with van der Waals surface area (Å²) in [4.78, 5) is 23.4. The van der Waals surface area contributed by atoms with Crippen LogP contribution in [0.25, 0.3) is 0 Å². The van der Waals surface area contributed by atoms with Gasteiger partial charge in [-0.3, -0.25) is 14.3 Å². The van der Waals surface area contributed by atoms with Crippen LogP contribution in [0.3, 0.4) is 0 Å². The summed E-state index contributed by atoms with van der Waals surface area (Å²) in [5.74, 6) is -0.708. The Kier molecular flexibility index (Phi) is 5.78. The Labute approximate surface area is 127 Å². The molecular formula is C14H26N2O4S. The molecule has 1 fully saturated rings. The van der Waals surface area contributed by atoms with E-state index in [0.717, 1.165) is 0 Å². The summed E-state index contributed by atoms with van der Waals surface area (Å²) >= 11 is 0. The van der Waals surface area contributed by atoms with Crippen molar-refractivity contribution in [2.75, 3.05) is 0 Å².